The number of allylic oxidation sites excluding steroid dienone is 1. The molecule has 1 aromatic carbocycles. The number of hydrogen-bond donors (Lipinski definition) is 2. The summed E-state index contributed by atoms with van der Waals surface area (Å²) < 4.78 is 5.02. The van der Waals surface area contributed by atoms with Gasteiger partial charge in [0.15, 0.2) is 0 Å². The van der Waals surface area contributed by atoms with Crippen molar-refractivity contribution in [2.75, 3.05) is 12.4 Å². The molecule has 1 amide bonds. The molecule has 0 aromatic heterocycles. The van der Waals surface area contributed by atoms with Crippen LogP contribution in [0.2, 0.25) is 0 Å². The Hall–Kier alpha value is -1.97. The van der Waals surface area contributed by atoms with E-state index in [1.165, 1.54) is 11.1 Å². The largest absolute Gasteiger partial charge is 0.504 e. The molecule has 0 aliphatic heterocycles. The first-order valence-electron chi connectivity index (χ1n) is 5.52. The van der Waals surface area contributed by atoms with E-state index >= 15 is 0 Å². The Bertz CT molecular complexity index is 466. The molecule has 0 radical (unpaired) electrons. The lowest BCUT2D eigenvalue weighted by molar-refractivity contribution is 0.209. The van der Waals surface area contributed by atoms with Gasteiger partial charge in [0.05, 0.1) is 13.4 Å². The molecular weight excluding hydrogens is 218 g/mol. The van der Waals surface area contributed by atoms with E-state index in [-0.39, 0.29) is 0 Å². The molecule has 0 bridgehead atoms. The lowest BCUT2D eigenvalue weighted by Gasteiger charge is -2.21. The summed E-state index contributed by atoms with van der Waals surface area (Å²) in [4.78, 5) is 10.7. The van der Waals surface area contributed by atoms with Crippen molar-refractivity contribution in [3.63, 3.8) is 0 Å². The Labute approximate surface area is 99.9 Å². The number of carbonyl (C=O) groups is 1. The fourth-order valence-electron chi connectivity index (χ4n) is 2.19. The van der Waals surface area contributed by atoms with E-state index < -0.39 is 6.09 Å². The second-order valence-electron chi connectivity index (χ2n) is 4.06. The minimum absolute atomic E-state index is 0.678. The van der Waals surface area contributed by atoms with E-state index in [2.05, 4.69) is 5.32 Å². The molecule has 4 nitrogen and oxygen atoms in total. The molecule has 2 N–H and O–H groups in total. The minimum atomic E-state index is -1.03. The SMILES string of the molecule is CO/C=C1\CCc2cccc(NC(=O)O)c2C1. The van der Waals surface area contributed by atoms with Crippen LogP contribution in [0, 0.1) is 0 Å². The molecular formula is C13H15NO3. The zero-order chi connectivity index (χ0) is 12.3. The zero-order valence-electron chi connectivity index (χ0n) is 9.69. The fraction of sp³-hybridized carbons (Fsp3) is 0.308. The Balaban J connectivity index is 2.32. The van der Waals surface area contributed by atoms with Crippen molar-refractivity contribution in [2.45, 2.75) is 19.3 Å². The highest BCUT2D eigenvalue weighted by Gasteiger charge is 2.17. The van der Waals surface area contributed by atoms with Crippen LogP contribution in [-0.4, -0.2) is 18.3 Å². The number of fused-ring (bicyclic) bond motifs is 1. The van der Waals surface area contributed by atoms with Gasteiger partial charge in [0.25, 0.3) is 0 Å². The van der Waals surface area contributed by atoms with E-state index in [4.69, 9.17) is 9.84 Å². The molecule has 0 heterocycles. The maximum atomic E-state index is 10.7. The summed E-state index contributed by atoms with van der Waals surface area (Å²) in [5, 5.41) is 11.2. The molecule has 2 rings (SSSR count). The monoisotopic (exact) mass is 233 g/mol. The van der Waals surface area contributed by atoms with Gasteiger partial charge in [-0.2, -0.15) is 0 Å². The van der Waals surface area contributed by atoms with Crippen LogP contribution in [0.5, 0.6) is 0 Å². The smallest absolute Gasteiger partial charge is 0.409 e. The first-order chi connectivity index (χ1) is 8.20. The first kappa shape index (κ1) is 11.5. The van der Waals surface area contributed by atoms with Crippen LogP contribution in [-0.2, 0) is 17.6 Å². The molecule has 0 fully saturated rings. The molecule has 0 atom stereocenters. The van der Waals surface area contributed by atoms with Gasteiger partial charge in [-0.05, 0) is 42.0 Å². The number of anilines is 1. The Kier molecular flexibility index (Phi) is 3.32. The third-order valence-electron chi connectivity index (χ3n) is 2.92. The minimum Gasteiger partial charge on any atom is -0.504 e. The number of aryl methyl sites for hydroxylation is 1. The molecule has 90 valence electrons. The van der Waals surface area contributed by atoms with E-state index in [9.17, 15) is 4.79 Å². The second kappa shape index (κ2) is 4.91. The van der Waals surface area contributed by atoms with Gasteiger partial charge in [0, 0.05) is 5.69 Å². The van der Waals surface area contributed by atoms with Gasteiger partial charge >= 0.3 is 6.09 Å². The number of methoxy groups -OCH3 is 1. The highest BCUT2D eigenvalue weighted by atomic mass is 16.5. The molecule has 1 aromatic rings. The van der Waals surface area contributed by atoms with E-state index in [1.54, 1.807) is 19.4 Å². The number of carboxylic acid groups (broad SMARTS) is 1. The third kappa shape index (κ3) is 2.58. The van der Waals surface area contributed by atoms with Crippen molar-refractivity contribution in [1.82, 2.24) is 0 Å². The molecule has 17 heavy (non-hydrogen) atoms. The topological polar surface area (TPSA) is 58.6 Å². The molecule has 4 heteroatoms. The molecule has 0 unspecified atom stereocenters. The van der Waals surface area contributed by atoms with Gasteiger partial charge in [0.2, 0.25) is 0 Å². The van der Waals surface area contributed by atoms with Crippen LogP contribution in [0.3, 0.4) is 0 Å². The second-order valence-corrected chi connectivity index (χ2v) is 4.06. The summed E-state index contributed by atoms with van der Waals surface area (Å²) in [7, 11) is 1.63. The normalized spacial score (nSPS) is 16.4. The Morgan fingerprint density at radius 3 is 3.00 bits per heavy atom. The zero-order valence-corrected chi connectivity index (χ0v) is 9.69. The summed E-state index contributed by atoms with van der Waals surface area (Å²) in [6, 6.07) is 5.73. The Morgan fingerprint density at radius 1 is 1.47 bits per heavy atom. The predicted molar refractivity (Wildman–Crippen MR) is 65.2 cm³/mol. The predicted octanol–water partition coefficient (Wildman–Crippen LogP) is 2.80. The maximum Gasteiger partial charge on any atom is 0.409 e. The van der Waals surface area contributed by atoms with Gasteiger partial charge in [-0.25, -0.2) is 4.79 Å². The number of nitrogens with one attached hydrogen (secondary N) is 1. The van der Waals surface area contributed by atoms with Crippen LogP contribution in [0.4, 0.5) is 10.5 Å². The van der Waals surface area contributed by atoms with Gasteiger partial charge in [-0.3, -0.25) is 5.32 Å². The van der Waals surface area contributed by atoms with Crippen molar-refractivity contribution in [3.05, 3.63) is 41.2 Å². The van der Waals surface area contributed by atoms with Gasteiger partial charge in [0.1, 0.15) is 0 Å². The lowest BCUT2D eigenvalue weighted by Crippen LogP contribution is -2.13. The highest BCUT2D eigenvalue weighted by molar-refractivity contribution is 5.84. The number of ether oxygens (including phenoxy) is 1. The van der Waals surface area contributed by atoms with Crippen molar-refractivity contribution in [3.8, 4) is 0 Å². The number of rotatable bonds is 2. The highest BCUT2D eigenvalue weighted by Crippen LogP contribution is 2.30. The third-order valence-corrected chi connectivity index (χ3v) is 2.92. The van der Waals surface area contributed by atoms with Gasteiger partial charge < -0.3 is 9.84 Å². The lowest BCUT2D eigenvalue weighted by atomic mass is 9.87. The molecule has 1 aliphatic rings. The van der Waals surface area contributed by atoms with Crippen molar-refractivity contribution >= 4 is 11.8 Å². The van der Waals surface area contributed by atoms with Crippen molar-refractivity contribution in [2.24, 2.45) is 0 Å². The van der Waals surface area contributed by atoms with Gasteiger partial charge in [-0.15, -0.1) is 0 Å². The fourth-order valence-corrected chi connectivity index (χ4v) is 2.19. The van der Waals surface area contributed by atoms with Crippen LogP contribution >= 0.6 is 0 Å². The maximum absolute atomic E-state index is 10.7. The number of amides is 1. The quantitative estimate of drug-likeness (QED) is 0.772. The van der Waals surface area contributed by atoms with E-state index in [0.717, 1.165) is 24.8 Å². The average Bonchev–Trinajstić information content (AvgIpc) is 2.29. The van der Waals surface area contributed by atoms with Crippen LogP contribution in [0.15, 0.2) is 30.0 Å². The van der Waals surface area contributed by atoms with E-state index in [0.29, 0.717) is 5.69 Å². The summed E-state index contributed by atoms with van der Waals surface area (Å²) in [6.07, 6.45) is 3.37. The summed E-state index contributed by atoms with van der Waals surface area (Å²) in [6.45, 7) is 0. The first-order valence-corrected chi connectivity index (χ1v) is 5.52. The standard InChI is InChI=1S/C13H15NO3/c1-17-8-9-5-6-10-3-2-4-12(11(10)7-9)14-13(15)16/h2-4,8,14H,5-7H2,1H3,(H,15,16)/b9-8+. The van der Waals surface area contributed by atoms with Gasteiger partial charge in [-0.1, -0.05) is 12.1 Å². The molecule has 0 saturated heterocycles. The van der Waals surface area contributed by atoms with E-state index in [1.807, 2.05) is 12.1 Å². The summed E-state index contributed by atoms with van der Waals surface area (Å²) >= 11 is 0. The molecule has 0 saturated carbocycles. The van der Waals surface area contributed by atoms with Crippen LogP contribution in [0.25, 0.3) is 0 Å². The van der Waals surface area contributed by atoms with Crippen LogP contribution < -0.4 is 5.32 Å². The number of hydrogen-bond acceptors (Lipinski definition) is 2. The summed E-state index contributed by atoms with van der Waals surface area (Å²) in [5.41, 5.74) is 4.14. The molecule has 1 aliphatic carbocycles. The van der Waals surface area contributed by atoms with Crippen LogP contribution in [0.1, 0.15) is 17.5 Å². The van der Waals surface area contributed by atoms with Crippen molar-refractivity contribution in [1.29, 1.82) is 0 Å². The Morgan fingerprint density at radius 2 is 2.29 bits per heavy atom. The average molecular weight is 233 g/mol. The number of benzene rings is 1. The summed E-state index contributed by atoms with van der Waals surface area (Å²) in [5.74, 6) is 0. The van der Waals surface area contributed by atoms with Crippen molar-refractivity contribution < 1.29 is 14.6 Å². The molecule has 0 spiro atoms.